The third-order valence-corrected chi connectivity index (χ3v) is 4.37. The van der Waals surface area contributed by atoms with E-state index >= 15 is 0 Å². The highest BCUT2D eigenvalue weighted by atomic mass is 16.6. The van der Waals surface area contributed by atoms with Gasteiger partial charge in [0.25, 0.3) is 0 Å². The minimum Gasteiger partial charge on any atom is -0.465 e. The smallest absolute Gasteiger partial charge is 0.327 e. The molecule has 0 spiro atoms. The molecule has 32 heavy (non-hydrogen) atoms. The van der Waals surface area contributed by atoms with Gasteiger partial charge in [-0.15, -0.1) is 0 Å². The van der Waals surface area contributed by atoms with Crippen molar-refractivity contribution in [3.05, 3.63) is 0 Å². The Morgan fingerprint density at radius 1 is 0.750 bits per heavy atom. The molecule has 0 atom stereocenters. The number of morpholine rings is 1. The molecule has 0 radical (unpaired) electrons. The van der Waals surface area contributed by atoms with E-state index in [4.69, 9.17) is 14.2 Å². The number of carbonyl (C=O) groups is 5. The summed E-state index contributed by atoms with van der Waals surface area (Å²) >= 11 is 0. The summed E-state index contributed by atoms with van der Waals surface area (Å²) < 4.78 is 19.4. The molecule has 0 saturated carbocycles. The zero-order valence-electron chi connectivity index (χ0n) is 19.0. The highest BCUT2D eigenvalue weighted by Gasteiger charge is 2.25. The molecule has 12 nitrogen and oxygen atoms in total. The molecule has 12 heteroatoms. The molecule has 0 N–H and O–H groups in total. The summed E-state index contributed by atoms with van der Waals surface area (Å²) in [6.45, 7) is 6.79. The lowest BCUT2D eigenvalue weighted by Crippen LogP contribution is -2.48. The first-order valence-electron chi connectivity index (χ1n) is 10.6. The van der Waals surface area contributed by atoms with Crippen LogP contribution < -0.4 is 0 Å². The van der Waals surface area contributed by atoms with E-state index in [-0.39, 0.29) is 59.1 Å². The minimum atomic E-state index is -0.617. The van der Waals surface area contributed by atoms with E-state index in [1.807, 2.05) is 0 Å². The van der Waals surface area contributed by atoms with E-state index in [1.54, 1.807) is 35.5 Å². The first-order chi connectivity index (χ1) is 15.3. The molecule has 0 aromatic heterocycles. The van der Waals surface area contributed by atoms with E-state index in [0.717, 1.165) is 0 Å². The van der Waals surface area contributed by atoms with Crippen molar-refractivity contribution < 1.29 is 42.9 Å². The monoisotopic (exact) mass is 459 g/mol. The van der Waals surface area contributed by atoms with Crippen molar-refractivity contribution in [2.75, 3.05) is 78.7 Å². The predicted molar refractivity (Wildman–Crippen MR) is 110 cm³/mol. The van der Waals surface area contributed by atoms with E-state index in [0.29, 0.717) is 19.6 Å². The van der Waals surface area contributed by atoms with Crippen LogP contribution >= 0.6 is 0 Å². The number of hydrogen-bond acceptors (Lipinski definition) is 12. The van der Waals surface area contributed by atoms with Gasteiger partial charge in [-0.2, -0.15) is 0 Å². The molecular formula is C20H33N3O9. The SMILES string of the molecule is CCOC(=O)CN(CCN(CC(=O)OCC)CC(=O)OCC)CCN1CC(=O)OC(=O)C1. The fourth-order valence-corrected chi connectivity index (χ4v) is 2.99. The maximum Gasteiger partial charge on any atom is 0.327 e. The standard InChI is InChI=1S/C20H33N3O9/c1-4-29-16(24)11-21(8-10-23-14-19(27)32-20(28)15-23)7-9-22(12-17(25)30-5-2)13-18(26)31-6-3/h4-15H2,1-3H3. The molecular weight excluding hydrogens is 426 g/mol. The Kier molecular flexibility index (Phi) is 13.1. The lowest BCUT2D eigenvalue weighted by atomic mass is 10.3. The summed E-state index contributed by atoms with van der Waals surface area (Å²) in [5.41, 5.74) is 0. The molecule has 1 rings (SSSR count). The average molecular weight is 459 g/mol. The van der Waals surface area contributed by atoms with Crippen molar-refractivity contribution in [3.8, 4) is 0 Å². The maximum atomic E-state index is 12.0. The molecule has 0 aliphatic carbocycles. The van der Waals surface area contributed by atoms with Gasteiger partial charge in [0, 0.05) is 26.2 Å². The van der Waals surface area contributed by atoms with Gasteiger partial charge in [0.2, 0.25) is 0 Å². The Bertz CT molecular complexity index is 620. The van der Waals surface area contributed by atoms with Crippen molar-refractivity contribution in [2.24, 2.45) is 0 Å². The summed E-state index contributed by atoms with van der Waals surface area (Å²) in [5.74, 6) is -2.61. The van der Waals surface area contributed by atoms with Gasteiger partial charge in [-0.25, -0.2) is 0 Å². The van der Waals surface area contributed by atoms with E-state index < -0.39 is 29.8 Å². The molecule has 1 aliphatic rings. The van der Waals surface area contributed by atoms with Crippen LogP contribution in [0.2, 0.25) is 0 Å². The van der Waals surface area contributed by atoms with Crippen LogP contribution in [0.4, 0.5) is 0 Å². The number of ether oxygens (including phenoxy) is 4. The predicted octanol–water partition coefficient (Wildman–Crippen LogP) is -1.33. The Labute approximate surface area is 187 Å². The zero-order valence-corrected chi connectivity index (χ0v) is 19.0. The number of hydrogen-bond donors (Lipinski definition) is 0. The quantitative estimate of drug-likeness (QED) is 0.163. The van der Waals surface area contributed by atoms with Gasteiger partial charge in [0.1, 0.15) is 0 Å². The van der Waals surface area contributed by atoms with Crippen LogP contribution in [0.1, 0.15) is 20.8 Å². The average Bonchev–Trinajstić information content (AvgIpc) is 2.69. The number of nitrogens with zero attached hydrogens (tertiary/aromatic N) is 3. The Morgan fingerprint density at radius 2 is 1.16 bits per heavy atom. The number of carbonyl (C=O) groups excluding carboxylic acids is 5. The third-order valence-electron chi connectivity index (χ3n) is 4.37. The van der Waals surface area contributed by atoms with Gasteiger partial charge in [0.15, 0.2) is 0 Å². The normalized spacial score (nSPS) is 14.4. The van der Waals surface area contributed by atoms with Crippen LogP contribution in [0, 0.1) is 0 Å². The van der Waals surface area contributed by atoms with E-state index in [1.165, 1.54) is 0 Å². The Morgan fingerprint density at radius 3 is 1.59 bits per heavy atom. The molecule has 1 saturated heterocycles. The van der Waals surface area contributed by atoms with Crippen LogP contribution in [0.15, 0.2) is 0 Å². The number of rotatable bonds is 15. The van der Waals surface area contributed by atoms with Crippen LogP contribution in [-0.4, -0.2) is 123 Å². The van der Waals surface area contributed by atoms with Crippen LogP contribution in [0.25, 0.3) is 0 Å². The summed E-state index contributed by atoms with van der Waals surface area (Å²) in [6, 6.07) is 0. The molecule has 0 unspecified atom stereocenters. The fraction of sp³-hybridized carbons (Fsp3) is 0.750. The summed E-state index contributed by atoms with van der Waals surface area (Å²) in [7, 11) is 0. The van der Waals surface area contributed by atoms with E-state index in [9.17, 15) is 24.0 Å². The maximum absolute atomic E-state index is 12.0. The second kappa shape index (κ2) is 15.3. The molecule has 0 aromatic rings. The van der Waals surface area contributed by atoms with Crippen LogP contribution in [0.3, 0.4) is 0 Å². The number of cyclic esters (lactones) is 2. The van der Waals surface area contributed by atoms with Gasteiger partial charge in [-0.05, 0) is 20.8 Å². The molecule has 0 amide bonds. The second-order valence-electron chi connectivity index (χ2n) is 6.96. The second-order valence-corrected chi connectivity index (χ2v) is 6.96. The summed E-state index contributed by atoms with van der Waals surface area (Å²) in [6.07, 6.45) is 0. The lowest BCUT2D eigenvalue weighted by molar-refractivity contribution is -0.167. The Hall–Kier alpha value is -2.57. The van der Waals surface area contributed by atoms with Crippen molar-refractivity contribution >= 4 is 29.8 Å². The van der Waals surface area contributed by atoms with Crippen LogP contribution in [-0.2, 0) is 42.9 Å². The lowest BCUT2D eigenvalue weighted by Gasteiger charge is -2.29. The Balaban J connectivity index is 2.73. The van der Waals surface area contributed by atoms with Crippen LogP contribution in [0.5, 0.6) is 0 Å². The van der Waals surface area contributed by atoms with Gasteiger partial charge < -0.3 is 18.9 Å². The van der Waals surface area contributed by atoms with Crippen molar-refractivity contribution in [1.29, 1.82) is 0 Å². The molecule has 1 heterocycles. The first kappa shape index (κ1) is 27.5. The highest BCUT2D eigenvalue weighted by Crippen LogP contribution is 2.02. The summed E-state index contributed by atoms with van der Waals surface area (Å²) in [4.78, 5) is 63.7. The molecule has 0 aromatic carbocycles. The van der Waals surface area contributed by atoms with Gasteiger partial charge in [0.05, 0.1) is 52.5 Å². The topological polar surface area (TPSA) is 132 Å². The molecule has 182 valence electrons. The van der Waals surface area contributed by atoms with Gasteiger partial charge in [-0.1, -0.05) is 0 Å². The van der Waals surface area contributed by atoms with Gasteiger partial charge >= 0.3 is 29.8 Å². The number of esters is 5. The molecule has 1 fully saturated rings. The minimum absolute atomic E-state index is 0.0170. The fourth-order valence-electron chi connectivity index (χ4n) is 2.99. The third kappa shape index (κ3) is 11.7. The molecule has 1 aliphatic heterocycles. The first-order valence-corrected chi connectivity index (χ1v) is 10.6. The van der Waals surface area contributed by atoms with Crippen molar-refractivity contribution in [3.63, 3.8) is 0 Å². The summed E-state index contributed by atoms with van der Waals surface area (Å²) in [5, 5.41) is 0. The largest absolute Gasteiger partial charge is 0.465 e. The zero-order chi connectivity index (χ0) is 23.9. The van der Waals surface area contributed by atoms with E-state index in [2.05, 4.69) is 4.74 Å². The van der Waals surface area contributed by atoms with Crippen molar-refractivity contribution in [2.45, 2.75) is 20.8 Å². The van der Waals surface area contributed by atoms with Gasteiger partial charge in [-0.3, -0.25) is 38.7 Å². The highest BCUT2D eigenvalue weighted by molar-refractivity contribution is 5.90. The van der Waals surface area contributed by atoms with Crippen molar-refractivity contribution in [1.82, 2.24) is 14.7 Å². The molecule has 0 bridgehead atoms.